The van der Waals surface area contributed by atoms with Gasteiger partial charge in [0.05, 0.1) is 4.90 Å². The number of hydrogen-bond acceptors (Lipinski definition) is 5. The van der Waals surface area contributed by atoms with Crippen molar-refractivity contribution >= 4 is 22.0 Å². The van der Waals surface area contributed by atoms with Gasteiger partial charge in [-0.15, -0.1) is 0 Å². The molecule has 2 rings (SSSR count). The molecule has 162 valence electrons. The number of carbonyl (C=O) groups is 2. The Hall–Kier alpha value is -2.13. The third-order valence-electron chi connectivity index (χ3n) is 4.47. The number of ether oxygens (including phenoxy) is 1. The van der Waals surface area contributed by atoms with Crippen LogP contribution in [0.5, 0.6) is 0 Å². The van der Waals surface area contributed by atoms with Crippen molar-refractivity contribution in [3.8, 4) is 0 Å². The number of alkyl carbamates (subject to hydrolysis) is 1. The summed E-state index contributed by atoms with van der Waals surface area (Å²) in [4.78, 5) is 24.2. The Balaban J connectivity index is 1.88. The van der Waals surface area contributed by atoms with Crippen LogP contribution in [-0.2, 0) is 26.1 Å². The van der Waals surface area contributed by atoms with Crippen molar-refractivity contribution in [3.05, 3.63) is 29.8 Å². The van der Waals surface area contributed by atoms with Gasteiger partial charge >= 0.3 is 6.09 Å². The van der Waals surface area contributed by atoms with E-state index in [1.54, 1.807) is 52.0 Å². The summed E-state index contributed by atoms with van der Waals surface area (Å²) in [7, 11) is -3.47. The van der Waals surface area contributed by atoms with E-state index in [0.29, 0.717) is 13.1 Å². The molecule has 0 bridgehead atoms. The Kier molecular flexibility index (Phi) is 7.65. The lowest BCUT2D eigenvalue weighted by atomic mass is 10.2. The van der Waals surface area contributed by atoms with Gasteiger partial charge < -0.3 is 15.4 Å². The molecular weight excluding hydrogens is 394 g/mol. The lowest BCUT2D eigenvalue weighted by Gasteiger charge is -2.25. The quantitative estimate of drug-likeness (QED) is 0.728. The summed E-state index contributed by atoms with van der Waals surface area (Å²) >= 11 is 0. The molecule has 0 spiro atoms. The maximum Gasteiger partial charge on any atom is 0.408 e. The molecular formula is C20H31N3O5S. The van der Waals surface area contributed by atoms with Crippen LogP contribution in [0.1, 0.15) is 52.5 Å². The van der Waals surface area contributed by atoms with Crippen LogP contribution in [0.2, 0.25) is 0 Å². The Morgan fingerprint density at radius 1 is 1.10 bits per heavy atom. The zero-order chi connectivity index (χ0) is 21.7. The Morgan fingerprint density at radius 2 is 1.69 bits per heavy atom. The third-order valence-corrected chi connectivity index (χ3v) is 6.38. The third kappa shape index (κ3) is 7.01. The molecule has 29 heavy (non-hydrogen) atoms. The van der Waals surface area contributed by atoms with Crippen molar-refractivity contribution in [1.29, 1.82) is 0 Å². The van der Waals surface area contributed by atoms with Crippen molar-refractivity contribution in [1.82, 2.24) is 14.9 Å². The van der Waals surface area contributed by atoms with E-state index in [-0.39, 0.29) is 17.3 Å². The van der Waals surface area contributed by atoms with E-state index in [2.05, 4.69) is 10.6 Å². The average Bonchev–Trinajstić information content (AvgIpc) is 2.65. The number of benzene rings is 1. The van der Waals surface area contributed by atoms with Gasteiger partial charge in [0.1, 0.15) is 11.6 Å². The summed E-state index contributed by atoms with van der Waals surface area (Å²) in [6.07, 6.45) is 2.18. The van der Waals surface area contributed by atoms with Crippen LogP contribution in [-0.4, -0.2) is 49.5 Å². The first-order valence-corrected chi connectivity index (χ1v) is 11.3. The van der Waals surface area contributed by atoms with E-state index in [4.69, 9.17) is 4.74 Å². The second-order valence-corrected chi connectivity index (χ2v) is 10.1. The number of carbonyl (C=O) groups excluding carboxylic acids is 2. The van der Waals surface area contributed by atoms with Crippen LogP contribution in [0.25, 0.3) is 0 Å². The van der Waals surface area contributed by atoms with Gasteiger partial charge in [0.2, 0.25) is 15.9 Å². The van der Waals surface area contributed by atoms with Crippen molar-refractivity contribution in [2.24, 2.45) is 0 Å². The predicted molar refractivity (Wildman–Crippen MR) is 110 cm³/mol. The molecule has 0 saturated carbocycles. The summed E-state index contributed by atoms with van der Waals surface area (Å²) in [6, 6.07) is 5.73. The van der Waals surface area contributed by atoms with Gasteiger partial charge in [0.15, 0.2) is 0 Å². The molecule has 8 nitrogen and oxygen atoms in total. The molecule has 1 unspecified atom stereocenters. The Bertz CT molecular complexity index is 810. The Labute approximate surface area is 173 Å². The average molecular weight is 426 g/mol. The number of nitrogens with zero attached hydrogens (tertiary/aromatic N) is 1. The lowest BCUT2D eigenvalue weighted by Crippen LogP contribution is -2.46. The molecule has 1 aliphatic rings. The van der Waals surface area contributed by atoms with Gasteiger partial charge in [-0.1, -0.05) is 18.6 Å². The monoisotopic (exact) mass is 425 g/mol. The lowest BCUT2D eigenvalue weighted by molar-refractivity contribution is -0.122. The first-order chi connectivity index (χ1) is 13.5. The highest BCUT2D eigenvalue weighted by molar-refractivity contribution is 7.89. The van der Waals surface area contributed by atoms with Gasteiger partial charge in [-0.3, -0.25) is 4.79 Å². The predicted octanol–water partition coefficient (Wildman–Crippen LogP) is 2.39. The molecule has 0 radical (unpaired) electrons. The van der Waals surface area contributed by atoms with E-state index in [0.717, 1.165) is 24.8 Å². The molecule has 1 aromatic rings. The van der Waals surface area contributed by atoms with Gasteiger partial charge in [0.25, 0.3) is 0 Å². The van der Waals surface area contributed by atoms with Crippen LogP contribution >= 0.6 is 0 Å². The van der Waals surface area contributed by atoms with Crippen LogP contribution in [0.3, 0.4) is 0 Å². The highest BCUT2D eigenvalue weighted by Gasteiger charge is 2.26. The minimum Gasteiger partial charge on any atom is -0.444 e. The first-order valence-electron chi connectivity index (χ1n) is 9.85. The smallest absolute Gasteiger partial charge is 0.408 e. The topological polar surface area (TPSA) is 105 Å². The van der Waals surface area contributed by atoms with Crippen molar-refractivity contribution in [2.75, 3.05) is 13.1 Å². The molecule has 0 aromatic heterocycles. The summed E-state index contributed by atoms with van der Waals surface area (Å²) in [5.74, 6) is -0.360. The SMILES string of the molecule is CC(NC(=O)OC(C)(C)C)C(=O)NCc1ccc(S(=O)(=O)N2CCCCC2)cc1. The van der Waals surface area contributed by atoms with E-state index in [1.165, 1.54) is 4.31 Å². The standard InChI is InChI=1S/C20H31N3O5S/c1-15(22-19(25)28-20(2,3)4)18(24)21-14-16-8-10-17(11-9-16)29(26,27)23-12-6-5-7-13-23/h8-11,15H,5-7,12-14H2,1-4H3,(H,21,24)(H,22,25). The molecule has 2 N–H and O–H groups in total. The van der Waals surface area contributed by atoms with Gasteiger partial charge in [0, 0.05) is 19.6 Å². The highest BCUT2D eigenvalue weighted by atomic mass is 32.2. The van der Waals surface area contributed by atoms with Crippen molar-refractivity contribution < 1.29 is 22.7 Å². The summed E-state index contributed by atoms with van der Waals surface area (Å²) in [5, 5.41) is 5.20. The number of nitrogens with one attached hydrogen (secondary N) is 2. The fraction of sp³-hybridized carbons (Fsp3) is 0.600. The number of sulfonamides is 1. The molecule has 9 heteroatoms. The zero-order valence-corrected chi connectivity index (χ0v) is 18.3. The maximum atomic E-state index is 12.7. The molecule has 1 aliphatic heterocycles. The van der Waals surface area contributed by atoms with Gasteiger partial charge in [-0.05, 0) is 58.2 Å². The molecule has 1 heterocycles. The van der Waals surface area contributed by atoms with E-state index in [9.17, 15) is 18.0 Å². The minimum atomic E-state index is -3.47. The second kappa shape index (κ2) is 9.58. The van der Waals surface area contributed by atoms with Crippen molar-refractivity contribution in [3.63, 3.8) is 0 Å². The Morgan fingerprint density at radius 3 is 2.24 bits per heavy atom. The molecule has 2 amide bonds. The molecule has 0 aliphatic carbocycles. The molecule has 1 aromatic carbocycles. The van der Waals surface area contributed by atoms with Gasteiger partial charge in [-0.2, -0.15) is 4.31 Å². The number of rotatable bonds is 6. The molecule has 1 atom stereocenters. The van der Waals surface area contributed by atoms with Gasteiger partial charge in [-0.25, -0.2) is 13.2 Å². The first kappa shape index (κ1) is 23.2. The highest BCUT2D eigenvalue weighted by Crippen LogP contribution is 2.20. The second-order valence-electron chi connectivity index (χ2n) is 8.19. The van der Waals surface area contributed by atoms with Crippen LogP contribution in [0.15, 0.2) is 29.2 Å². The maximum absolute atomic E-state index is 12.7. The van der Waals surface area contributed by atoms with Crippen LogP contribution in [0.4, 0.5) is 4.79 Å². The van der Waals surface area contributed by atoms with Crippen LogP contribution in [0, 0.1) is 0 Å². The summed E-state index contributed by atoms with van der Waals surface area (Å²) < 4.78 is 32.0. The number of amides is 2. The van der Waals surface area contributed by atoms with E-state index in [1.807, 2.05) is 0 Å². The normalized spacial score (nSPS) is 16.7. The fourth-order valence-electron chi connectivity index (χ4n) is 2.93. The van der Waals surface area contributed by atoms with E-state index >= 15 is 0 Å². The number of piperidine rings is 1. The van der Waals surface area contributed by atoms with Crippen LogP contribution < -0.4 is 10.6 Å². The van der Waals surface area contributed by atoms with Crippen molar-refractivity contribution in [2.45, 2.75) is 70.0 Å². The summed E-state index contributed by atoms with van der Waals surface area (Å²) in [6.45, 7) is 8.13. The zero-order valence-electron chi connectivity index (χ0n) is 17.5. The minimum absolute atomic E-state index is 0.225. The largest absolute Gasteiger partial charge is 0.444 e. The summed E-state index contributed by atoms with van der Waals surface area (Å²) in [5.41, 5.74) is 0.122. The number of hydrogen-bond donors (Lipinski definition) is 2. The van der Waals surface area contributed by atoms with E-state index < -0.39 is 27.8 Å². The molecule has 1 fully saturated rings. The fourth-order valence-corrected chi connectivity index (χ4v) is 4.44. The molecule has 1 saturated heterocycles.